The highest BCUT2D eigenvalue weighted by atomic mass is 32.1. The van der Waals surface area contributed by atoms with Crippen molar-refractivity contribution >= 4 is 34.1 Å². The number of carbonyl (C=O) groups excluding carboxylic acids is 3. The molecule has 0 saturated heterocycles. The van der Waals surface area contributed by atoms with Gasteiger partial charge in [0.1, 0.15) is 5.69 Å². The Hall–Kier alpha value is -2.54. The van der Waals surface area contributed by atoms with Crippen LogP contribution in [0.3, 0.4) is 0 Å². The fraction of sp³-hybridized carbons (Fsp3) is 0.143. The Morgan fingerprint density at radius 3 is 2.29 bits per heavy atom. The van der Waals surface area contributed by atoms with E-state index in [4.69, 9.17) is 0 Å². The summed E-state index contributed by atoms with van der Waals surface area (Å²) < 4.78 is 4.58. The molecule has 108 valence electrons. The normalized spacial score (nSPS) is 10.0. The smallest absolute Gasteiger partial charge is 0.337 e. The Kier molecular flexibility index (Phi) is 4.44. The summed E-state index contributed by atoms with van der Waals surface area (Å²) in [5.74, 6) is -0.988. The SMILES string of the molecule is COC(=O)c1ccc(C(=O)Nc2nc(C(C)=O)cs2)cc1. The maximum absolute atomic E-state index is 12.0. The molecule has 0 unspecified atom stereocenters. The number of amides is 1. The summed E-state index contributed by atoms with van der Waals surface area (Å²) in [5.41, 5.74) is 1.06. The summed E-state index contributed by atoms with van der Waals surface area (Å²) in [4.78, 5) is 38.4. The molecular formula is C14H12N2O4S. The Morgan fingerprint density at radius 1 is 1.14 bits per heavy atom. The number of benzene rings is 1. The van der Waals surface area contributed by atoms with Gasteiger partial charge in [0.2, 0.25) is 0 Å². The number of thiazole rings is 1. The molecule has 1 amide bonds. The highest BCUT2D eigenvalue weighted by Crippen LogP contribution is 2.17. The van der Waals surface area contributed by atoms with Crippen molar-refractivity contribution in [2.75, 3.05) is 12.4 Å². The van der Waals surface area contributed by atoms with E-state index in [1.165, 1.54) is 49.6 Å². The lowest BCUT2D eigenvalue weighted by molar-refractivity contribution is 0.0600. The molecule has 1 N–H and O–H groups in total. The number of ether oxygens (including phenoxy) is 1. The fourth-order valence-electron chi connectivity index (χ4n) is 1.54. The number of hydrogen-bond acceptors (Lipinski definition) is 6. The third-order valence-electron chi connectivity index (χ3n) is 2.65. The highest BCUT2D eigenvalue weighted by Gasteiger charge is 2.12. The zero-order valence-corrected chi connectivity index (χ0v) is 12.2. The minimum Gasteiger partial charge on any atom is -0.465 e. The van der Waals surface area contributed by atoms with Crippen LogP contribution < -0.4 is 5.32 Å². The quantitative estimate of drug-likeness (QED) is 0.692. The highest BCUT2D eigenvalue weighted by molar-refractivity contribution is 7.14. The summed E-state index contributed by atoms with van der Waals surface area (Å²) >= 11 is 1.17. The molecule has 0 aliphatic rings. The standard InChI is InChI=1S/C14H12N2O4S/c1-8(17)11-7-21-14(15-11)16-12(18)9-3-5-10(6-4-9)13(19)20-2/h3-7H,1-2H3,(H,15,16,18). The Labute approximate surface area is 124 Å². The van der Waals surface area contributed by atoms with E-state index in [1.807, 2.05) is 0 Å². The fourth-order valence-corrected chi connectivity index (χ4v) is 2.28. The molecule has 0 radical (unpaired) electrons. The Bertz CT molecular complexity index is 691. The van der Waals surface area contributed by atoms with Crippen molar-refractivity contribution in [3.8, 4) is 0 Å². The maximum atomic E-state index is 12.0. The first-order valence-electron chi connectivity index (χ1n) is 5.97. The molecule has 0 spiro atoms. The average Bonchev–Trinajstić information content (AvgIpc) is 2.95. The van der Waals surface area contributed by atoms with Crippen molar-refractivity contribution in [3.63, 3.8) is 0 Å². The predicted octanol–water partition coefficient (Wildman–Crippen LogP) is 2.38. The molecule has 0 atom stereocenters. The van der Waals surface area contributed by atoms with Crippen LogP contribution in [-0.4, -0.2) is 29.8 Å². The molecule has 6 nitrogen and oxygen atoms in total. The number of hydrogen-bond donors (Lipinski definition) is 1. The molecule has 2 rings (SSSR count). The molecule has 0 aliphatic heterocycles. The van der Waals surface area contributed by atoms with Gasteiger partial charge in [-0.3, -0.25) is 14.9 Å². The van der Waals surface area contributed by atoms with Crippen LogP contribution in [0, 0.1) is 0 Å². The van der Waals surface area contributed by atoms with Crippen molar-refractivity contribution in [2.45, 2.75) is 6.92 Å². The number of rotatable bonds is 4. The topological polar surface area (TPSA) is 85.4 Å². The van der Waals surface area contributed by atoms with Crippen LogP contribution in [-0.2, 0) is 4.74 Å². The van der Waals surface area contributed by atoms with E-state index < -0.39 is 5.97 Å². The van der Waals surface area contributed by atoms with Crippen LogP contribution in [0.4, 0.5) is 5.13 Å². The summed E-state index contributed by atoms with van der Waals surface area (Å²) in [6.07, 6.45) is 0. The van der Waals surface area contributed by atoms with Crippen LogP contribution in [0.15, 0.2) is 29.6 Å². The number of nitrogens with zero attached hydrogens (tertiary/aromatic N) is 1. The number of carbonyl (C=O) groups is 3. The van der Waals surface area contributed by atoms with E-state index in [9.17, 15) is 14.4 Å². The monoisotopic (exact) mass is 304 g/mol. The number of Topliss-reactive ketones (excluding diaryl/α,β-unsaturated/α-hetero) is 1. The van der Waals surface area contributed by atoms with E-state index >= 15 is 0 Å². The Balaban J connectivity index is 2.09. The van der Waals surface area contributed by atoms with Gasteiger partial charge in [0.05, 0.1) is 12.7 Å². The Morgan fingerprint density at radius 2 is 1.76 bits per heavy atom. The van der Waals surface area contributed by atoms with E-state index in [0.29, 0.717) is 22.0 Å². The van der Waals surface area contributed by atoms with Crippen molar-refractivity contribution < 1.29 is 19.1 Å². The molecule has 1 aromatic heterocycles. The van der Waals surface area contributed by atoms with Crippen molar-refractivity contribution in [1.29, 1.82) is 0 Å². The summed E-state index contributed by atoms with van der Waals surface area (Å²) in [5, 5.41) is 4.53. The number of nitrogens with one attached hydrogen (secondary N) is 1. The molecule has 0 bridgehead atoms. The minimum atomic E-state index is -0.465. The number of ketones is 1. The third kappa shape index (κ3) is 3.51. The molecule has 21 heavy (non-hydrogen) atoms. The first-order chi connectivity index (χ1) is 10.0. The predicted molar refractivity (Wildman–Crippen MR) is 77.9 cm³/mol. The van der Waals surface area contributed by atoms with Gasteiger partial charge in [-0.25, -0.2) is 9.78 Å². The number of esters is 1. The molecule has 0 saturated carbocycles. The zero-order chi connectivity index (χ0) is 15.4. The van der Waals surface area contributed by atoms with Crippen LogP contribution in [0.5, 0.6) is 0 Å². The lowest BCUT2D eigenvalue weighted by atomic mass is 10.1. The van der Waals surface area contributed by atoms with E-state index in [0.717, 1.165) is 0 Å². The van der Waals surface area contributed by atoms with Crippen LogP contribution in [0.25, 0.3) is 0 Å². The van der Waals surface area contributed by atoms with Crippen LogP contribution >= 0.6 is 11.3 Å². The van der Waals surface area contributed by atoms with Gasteiger partial charge in [0.25, 0.3) is 5.91 Å². The van der Waals surface area contributed by atoms with Gasteiger partial charge in [0.15, 0.2) is 10.9 Å². The van der Waals surface area contributed by atoms with Crippen molar-refractivity contribution in [3.05, 3.63) is 46.5 Å². The van der Waals surface area contributed by atoms with Crippen LogP contribution in [0.2, 0.25) is 0 Å². The van der Waals surface area contributed by atoms with Gasteiger partial charge in [-0.1, -0.05) is 0 Å². The second-order valence-electron chi connectivity index (χ2n) is 4.12. The first kappa shape index (κ1) is 14.9. The number of anilines is 1. The zero-order valence-electron chi connectivity index (χ0n) is 11.4. The molecule has 2 aromatic rings. The second-order valence-corrected chi connectivity index (χ2v) is 4.98. The average molecular weight is 304 g/mol. The van der Waals surface area contributed by atoms with Crippen LogP contribution in [0.1, 0.15) is 38.1 Å². The number of aromatic nitrogens is 1. The van der Waals surface area contributed by atoms with E-state index in [1.54, 1.807) is 5.38 Å². The van der Waals surface area contributed by atoms with Gasteiger partial charge >= 0.3 is 5.97 Å². The summed E-state index contributed by atoms with van der Waals surface area (Å²) in [6.45, 7) is 1.41. The first-order valence-corrected chi connectivity index (χ1v) is 6.85. The van der Waals surface area contributed by atoms with Gasteiger partial charge in [0, 0.05) is 17.9 Å². The summed E-state index contributed by atoms with van der Waals surface area (Å²) in [7, 11) is 1.29. The van der Waals surface area contributed by atoms with Gasteiger partial charge < -0.3 is 4.74 Å². The minimum absolute atomic E-state index is 0.158. The third-order valence-corrected chi connectivity index (χ3v) is 3.41. The molecular weight excluding hydrogens is 292 g/mol. The van der Waals surface area contributed by atoms with E-state index in [-0.39, 0.29) is 11.7 Å². The van der Waals surface area contributed by atoms with Gasteiger partial charge in [-0.05, 0) is 24.3 Å². The van der Waals surface area contributed by atoms with E-state index in [2.05, 4.69) is 15.0 Å². The lowest BCUT2D eigenvalue weighted by Crippen LogP contribution is -2.12. The lowest BCUT2D eigenvalue weighted by Gasteiger charge is -2.03. The molecule has 1 aromatic carbocycles. The maximum Gasteiger partial charge on any atom is 0.337 e. The van der Waals surface area contributed by atoms with Gasteiger partial charge in [-0.15, -0.1) is 11.3 Å². The number of methoxy groups -OCH3 is 1. The molecule has 7 heteroatoms. The molecule has 0 fully saturated rings. The van der Waals surface area contributed by atoms with Crippen molar-refractivity contribution in [2.24, 2.45) is 0 Å². The van der Waals surface area contributed by atoms with Crippen molar-refractivity contribution in [1.82, 2.24) is 4.98 Å². The second kappa shape index (κ2) is 6.27. The largest absolute Gasteiger partial charge is 0.465 e. The molecule has 0 aliphatic carbocycles. The van der Waals surface area contributed by atoms with Gasteiger partial charge in [-0.2, -0.15) is 0 Å². The molecule has 1 heterocycles. The summed E-state index contributed by atoms with van der Waals surface area (Å²) in [6, 6.07) is 6.04.